The molecule has 0 spiro atoms. The maximum atomic E-state index is 10.9. The van der Waals surface area contributed by atoms with Crippen molar-refractivity contribution in [3.63, 3.8) is 0 Å². The number of rotatable bonds is 3. The number of aryl methyl sites for hydroxylation is 1. The zero-order valence-corrected chi connectivity index (χ0v) is 7.45. The molecule has 0 aromatic heterocycles. The standard InChI is InChI=1S/C11H14O2/c1-3-9-4-6-10(7-5-9)8(2)11(12)13/h4-8H,3H2,1-2H3,(H,12,13)/i2D3. The van der Waals surface area contributed by atoms with Crippen molar-refractivity contribution in [3.8, 4) is 0 Å². The minimum atomic E-state index is -2.51. The molecular formula is C11H14O2. The van der Waals surface area contributed by atoms with Gasteiger partial charge in [0, 0.05) is 4.11 Å². The van der Waals surface area contributed by atoms with Crippen molar-refractivity contribution in [3.05, 3.63) is 35.4 Å². The Morgan fingerprint density at radius 2 is 2.15 bits per heavy atom. The maximum absolute atomic E-state index is 10.9. The summed E-state index contributed by atoms with van der Waals surface area (Å²) in [5.41, 5.74) is 1.38. The Balaban J connectivity index is 3.07. The fraction of sp³-hybridized carbons (Fsp3) is 0.364. The van der Waals surface area contributed by atoms with E-state index >= 15 is 0 Å². The van der Waals surface area contributed by atoms with Gasteiger partial charge in [0.25, 0.3) is 0 Å². The molecule has 0 aliphatic carbocycles. The summed E-state index contributed by atoms with van der Waals surface area (Å²) in [5.74, 6) is -2.76. The zero-order chi connectivity index (χ0) is 12.3. The van der Waals surface area contributed by atoms with E-state index in [1.807, 2.05) is 6.92 Å². The van der Waals surface area contributed by atoms with Crippen LogP contribution in [0.5, 0.6) is 0 Å². The highest BCUT2D eigenvalue weighted by Crippen LogP contribution is 2.15. The highest BCUT2D eigenvalue weighted by atomic mass is 16.4. The van der Waals surface area contributed by atoms with Crippen LogP contribution >= 0.6 is 0 Å². The van der Waals surface area contributed by atoms with E-state index < -0.39 is 18.7 Å². The maximum Gasteiger partial charge on any atom is 0.310 e. The second kappa shape index (κ2) is 4.08. The Hall–Kier alpha value is -1.31. The fourth-order valence-electron chi connectivity index (χ4n) is 1.09. The summed E-state index contributed by atoms with van der Waals surface area (Å²) < 4.78 is 21.6. The summed E-state index contributed by atoms with van der Waals surface area (Å²) >= 11 is 0. The summed E-state index contributed by atoms with van der Waals surface area (Å²) in [6.45, 7) is -0.535. The molecule has 0 heterocycles. The Kier molecular flexibility index (Phi) is 1.94. The van der Waals surface area contributed by atoms with Gasteiger partial charge in [0.15, 0.2) is 0 Å². The molecule has 1 N–H and O–H groups in total. The van der Waals surface area contributed by atoms with Gasteiger partial charge in [-0.2, -0.15) is 0 Å². The van der Waals surface area contributed by atoms with E-state index in [1.165, 1.54) is 0 Å². The molecule has 13 heavy (non-hydrogen) atoms. The quantitative estimate of drug-likeness (QED) is 0.777. The minimum absolute atomic E-state index is 0.324. The predicted molar refractivity (Wildman–Crippen MR) is 51.9 cm³/mol. The molecule has 70 valence electrons. The Morgan fingerprint density at radius 1 is 1.54 bits per heavy atom. The molecule has 2 heteroatoms. The van der Waals surface area contributed by atoms with Gasteiger partial charge < -0.3 is 5.11 Å². The molecule has 0 saturated heterocycles. The van der Waals surface area contributed by atoms with Crippen LogP contribution in [-0.4, -0.2) is 11.1 Å². The molecule has 0 fully saturated rings. The van der Waals surface area contributed by atoms with Gasteiger partial charge in [-0.3, -0.25) is 4.79 Å². The van der Waals surface area contributed by atoms with Gasteiger partial charge >= 0.3 is 5.97 Å². The summed E-state index contributed by atoms with van der Waals surface area (Å²) in [7, 11) is 0. The Bertz CT molecular complexity index is 368. The van der Waals surface area contributed by atoms with E-state index in [9.17, 15) is 4.79 Å². The van der Waals surface area contributed by atoms with E-state index in [1.54, 1.807) is 24.3 Å². The molecular weight excluding hydrogens is 164 g/mol. The van der Waals surface area contributed by atoms with Crippen LogP contribution in [-0.2, 0) is 11.2 Å². The largest absolute Gasteiger partial charge is 0.481 e. The molecule has 0 aliphatic heterocycles. The van der Waals surface area contributed by atoms with Gasteiger partial charge in [-0.05, 0) is 24.4 Å². The van der Waals surface area contributed by atoms with Crippen molar-refractivity contribution in [2.24, 2.45) is 0 Å². The second-order valence-corrected chi connectivity index (χ2v) is 2.87. The number of hydrogen-bond acceptors (Lipinski definition) is 1. The SMILES string of the molecule is [2H]C([2H])([2H])C(C(=O)O)c1ccc(CC)cc1. The van der Waals surface area contributed by atoms with Crippen LogP contribution in [0.4, 0.5) is 0 Å². The highest BCUT2D eigenvalue weighted by Gasteiger charge is 2.12. The third kappa shape index (κ3) is 2.31. The summed E-state index contributed by atoms with van der Waals surface area (Å²) in [5, 5.41) is 8.93. The molecule has 1 unspecified atom stereocenters. The molecule has 0 radical (unpaired) electrons. The molecule has 2 nitrogen and oxygen atoms in total. The molecule has 0 saturated carbocycles. The van der Waals surface area contributed by atoms with Crippen LogP contribution < -0.4 is 0 Å². The van der Waals surface area contributed by atoms with E-state index in [-0.39, 0.29) is 0 Å². The lowest BCUT2D eigenvalue weighted by Crippen LogP contribution is -2.07. The van der Waals surface area contributed by atoms with Gasteiger partial charge in [-0.25, -0.2) is 0 Å². The predicted octanol–water partition coefficient (Wildman–Crippen LogP) is 2.44. The van der Waals surface area contributed by atoms with Crippen molar-refractivity contribution < 1.29 is 14.0 Å². The van der Waals surface area contributed by atoms with Crippen molar-refractivity contribution in [1.82, 2.24) is 0 Å². The van der Waals surface area contributed by atoms with Gasteiger partial charge in [-0.15, -0.1) is 0 Å². The Labute approximate surface area is 82.4 Å². The lowest BCUT2D eigenvalue weighted by Gasteiger charge is -2.06. The number of aliphatic carboxylic acids is 1. The summed E-state index contributed by atoms with van der Waals surface area (Å²) in [4.78, 5) is 10.9. The average Bonchev–Trinajstić information content (AvgIpc) is 2.16. The molecule has 1 atom stereocenters. The summed E-state index contributed by atoms with van der Waals surface area (Å²) in [6, 6.07) is 6.67. The summed E-state index contributed by atoms with van der Waals surface area (Å²) in [6.07, 6.45) is 0.839. The first-order valence-corrected chi connectivity index (χ1v) is 4.18. The first-order chi connectivity index (χ1) is 7.36. The van der Waals surface area contributed by atoms with Gasteiger partial charge in [0.1, 0.15) is 0 Å². The van der Waals surface area contributed by atoms with Crippen molar-refractivity contribution >= 4 is 5.97 Å². The van der Waals surface area contributed by atoms with E-state index in [0.29, 0.717) is 5.56 Å². The zero-order valence-electron chi connectivity index (χ0n) is 10.4. The minimum Gasteiger partial charge on any atom is -0.481 e. The van der Waals surface area contributed by atoms with Crippen LogP contribution in [0.25, 0.3) is 0 Å². The smallest absolute Gasteiger partial charge is 0.310 e. The monoisotopic (exact) mass is 181 g/mol. The van der Waals surface area contributed by atoms with Crippen LogP contribution in [0.2, 0.25) is 0 Å². The number of hydrogen-bond donors (Lipinski definition) is 1. The molecule has 0 bridgehead atoms. The molecule has 1 aromatic rings. The number of carbonyl (C=O) groups is 1. The van der Waals surface area contributed by atoms with Gasteiger partial charge in [0.2, 0.25) is 0 Å². The van der Waals surface area contributed by atoms with Gasteiger partial charge in [0.05, 0.1) is 5.92 Å². The average molecular weight is 181 g/mol. The number of carboxylic acid groups (broad SMARTS) is 1. The Morgan fingerprint density at radius 3 is 2.54 bits per heavy atom. The first-order valence-electron chi connectivity index (χ1n) is 5.68. The normalized spacial score (nSPS) is 16.8. The second-order valence-electron chi connectivity index (χ2n) is 2.87. The van der Waals surface area contributed by atoms with Crippen LogP contribution in [0.3, 0.4) is 0 Å². The number of benzene rings is 1. The molecule has 1 aromatic carbocycles. The van der Waals surface area contributed by atoms with Crippen LogP contribution in [0.15, 0.2) is 24.3 Å². The van der Waals surface area contributed by atoms with Crippen molar-refractivity contribution in [2.45, 2.75) is 26.1 Å². The van der Waals surface area contributed by atoms with E-state index in [0.717, 1.165) is 12.0 Å². The lowest BCUT2D eigenvalue weighted by atomic mass is 10.00. The topological polar surface area (TPSA) is 37.3 Å². The van der Waals surface area contributed by atoms with E-state index in [4.69, 9.17) is 9.22 Å². The molecule has 0 amide bonds. The molecule has 1 rings (SSSR count). The molecule has 0 aliphatic rings. The van der Waals surface area contributed by atoms with Gasteiger partial charge in [-0.1, -0.05) is 31.2 Å². The van der Waals surface area contributed by atoms with Crippen molar-refractivity contribution in [2.75, 3.05) is 0 Å². The van der Waals surface area contributed by atoms with Crippen molar-refractivity contribution in [1.29, 1.82) is 0 Å². The third-order valence-electron chi connectivity index (χ3n) is 1.97. The fourth-order valence-corrected chi connectivity index (χ4v) is 1.09. The first kappa shape index (κ1) is 6.19. The lowest BCUT2D eigenvalue weighted by molar-refractivity contribution is -0.138. The highest BCUT2D eigenvalue weighted by molar-refractivity contribution is 5.75. The third-order valence-corrected chi connectivity index (χ3v) is 1.97. The van der Waals surface area contributed by atoms with E-state index in [2.05, 4.69) is 0 Å². The number of carboxylic acids is 1. The van der Waals surface area contributed by atoms with Crippen LogP contribution in [0, 0.1) is 0 Å². The van der Waals surface area contributed by atoms with Crippen LogP contribution in [0.1, 0.15) is 34.9 Å².